The molecule has 2 aromatic heterocycles. The normalized spacial score (nSPS) is 15.0. The van der Waals surface area contributed by atoms with Crippen molar-refractivity contribution in [2.75, 3.05) is 18.4 Å². The molecule has 1 aliphatic rings. The zero-order valence-electron chi connectivity index (χ0n) is 14.9. The monoisotopic (exact) mass is 385 g/mol. The van der Waals surface area contributed by atoms with Crippen LogP contribution in [0.25, 0.3) is 5.69 Å². The highest BCUT2D eigenvalue weighted by molar-refractivity contribution is 7.15. The minimum atomic E-state index is -0.310. The van der Waals surface area contributed by atoms with Gasteiger partial charge in [0.2, 0.25) is 0 Å². The van der Waals surface area contributed by atoms with Crippen molar-refractivity contribution in [3.8, 4) is 5.69 Å². The SMILES string of the molecule is Cc1cc(C(=O)Nc2ncc(C3CCNCC3)s2)nn1-c1ccc(F)cc1. The Kier molecular flexibility index (Phi) is 5.00. The van der Waals surface area contributed by atoms with Gasteiger partial charge in [-0.3, -0.25) is 10.1 Å². The number of carbonyl (C=O) groups excluding carboxylic acids is 1. The first kappa shape index (κ1) is 17.8. The number of thiazole rings is 1. The number of halogens is 1. The van der Waals surface area contributed by atoms with Crippen LogP contribution in [0, 0.1) is 12.7 Å². The Labute approximate surface area is 160 Å². The second-order valence-corrected chi connectivity index (χ2v) is 7.67. The highest BCUT2D eigenvalue weighted by Gasteiger charge is 2.19. The molecule has 1 amide bonds. The van der Waals surface area contributed by atoms with Crippen molar-refractivity contribution in [2.24, 2.45) is 0 Å². The molecule has 0 aliphatic carbocycles. The van der Waals surface area contributed by atoms with Gasteiger partial charge in [-0.15, -0.1) is 11.3 Å². The summed E-state index contributed by atoms with van der Waals surface area (Å²) in [7, 11) is 0. The van der Waals surface area contributed by atoms with Gasteiger partial charge in [-0.25, -0.2) is 14.1 Å². The topological polar surface area (TPSA) is 71.8 Å². The van der Waals surface area contributed by atoms with Crippen molar-refractivity contribution in [2.45, 2.75) is 25.7 Å². The van der Waals surface area contributed by atoms with E-state index in [1.165, 1.54) is 28.3 Å². The molecule has 0 atom stereocenters. The summed E-state index contributed by atoms with van der Waals surface area (Å²) < 4.78 is 14.7. The van der Waals surface area contributed by atoms with Crippen LogP contribution in [0.1, 0.15) is 39.8 Å². The molecule has 140 valence electrons. The van der Waals surface area contributed by atoms with Gasteiger partial charge >= 0.3 is 0 Å². The molecule has 3 aromatic rings. The largest absolute Gasteiger partial charge is 0.317 e. The molecule has 3 heterocycles. The van der Waals surface area contributed by atoms with Crippen LogP contribution in [0.3, 0.4) is 0 Å². The molecular formula is C19H20FN5OS. The standard InChI is InChI=1S/C19H20FN5OS/c1-12-10-16(24-25(12)15-4-2-14(20)3-5-15)18(26)23-19-22-11-17(27-19)13-6-8-21-9-7-13/h2-5,10-11,13,21H,6-9H2,1H3,(H,22,23,26). The Morgan fingerprint density at radius 1 is 1.30 bits per heavy atom. The van der Waals surface area contributed by atoms with E-state index in [-0.39, 0.29) is 11.7 Å². The van der Waals surface area contributed by atoms with E-state index in [0.717, 1.165) is 31.6 Å². The Bertz CT molecular complexity index is 943. The second-order valence-electron chi connectivity index (χ2n) is 6.61. The van der Waals surface area contributed by atoms with Crippen molar-refractivity contribution in [1.29, 1.82) is 0 Å². The van der Waals surface area contributed by atoms with E-state index < -0.39 is 0 Å². The molecular weight excluding hydrogens is 365 g/mol. The van der Waals surface area contributed by atoms with Crippen LogP contribution in [-0.4, -0.2) is 33.8 Å². The number of hydrogen-bond donors (Lipinski definition) is 2. The van der Waals surface area contributed by atoms with E-state index in [9.17, 15) is 9.18 Å². The number of benzene rings is 1. The number of carbonyl (C=O) groups is 1. The van der Waals surface area contributed by atoms with Crippen LogP contribution in [-0.2, 0) is 0 Å². The van der Waals surface area contributed by atoms with Crippen LogP contribution >= 0.6 is 11.3 Å². The molecule has 4 rings (SSSR count). The van der Waals surface area contributed by atoms with Gasteiger partial charge in [-0.2, -0.15) is 5.10 Å². The highest BCUT2D eigenvalue weighted by Crippen LogP contribution is 2.31. The summed E-state index contributed by atoms with van der Waals surface area (Å²) in [6.45, 7) is 3.89. The number of nitrogens with zero attached hydrogens (tertiary/aromatic N) is 3. The number of piperidine rings is 1. The fourth-order valence-corrected chi connectivity index (χ4v) is 4.21. The lowest BCUT2D eigenvalue weighted by molar-refractivity contribution is 0.102. The predicted octanol–water partition coefficient (Wildman–Crippen LogP) is 3.50. The van der Waals surface area contributed by atoms with E-state index in [1.54, 1.807) is 22.9 Å². The summed E-state index contributed by atoms with van der Waals surface area (Å²) >= 11 is 1.52. The summed E-state index contributed by atoms with van der Waals surface area (Å²) in [5.74, 6) is -0.102. The predicted molar refractivity (Wildman–Crippen MR) is 103 cm³/mol. The Balaban J connectivity index is 1.48. The maximum Gasteiger partial charge on any atom is 0.277 e. The van der Waals surface area contributed by atoms with E-state index >= 15 is 0 Å². The molecule has 0 unspecified atom stereocenters. The van der Waals surface area contributed by atoms with Crippen molar-refractivity contribution >= 4 is 22.4 Å². The first-order valence-corrected chi connectivity index (χ1v) is 9.72. The van der Waals surface area contributed by atoms with Crippen LogP contribution in [0.5, 0.6) is 0 Å². The third-order valence-electron chi connectivity index (χ3n) is 4.68. The quantitative estimate of drug-likeness (QED) is 0.721. The molecule has 0 bridgehead atoms. The van der Waals surface area contributed by atoms with Crippen molar-refractivity contribution in [3.05, 3.63) is 58.6 Å². The number of aryl methyl sites for hydroxylation is 1. The summed E-state index contributed by atoms with van der Waals surface area (Å²) in [6.07, 6.45) is 4.05. The zero-order valence-corrected chi connectivity index (χ0v) is 15.7. The van der Waals surface area contributed by atoms with Crippen LogP contribution in [0.15, 0.2) is 36.5 Å². The lowest BCUT2D eigenvalue weighted by Crippen LogP contribution is -2.26. The molecule has 1 aliphatic heterocycles. The number of amides is 1. The maximum atomic E-state index is 13.1. The summed E-state index contributed by atoms with van der Waals surface area (Å²) in [6, 6.07) is 7.70. The summed E-state index contributed by atoms with van der Waals surface area (Å²) in [4.78, 5) is 18.1. The number of rotatable bonds is 4. The first-order chi connectivity index (χ1) is 13.1. The second kappa shape index (κ2) is 7.58. The van der Waals surface area contributed by atoms with E-state index in [4.69, 9.17) is 0 Å². The van der Waals surface area contributed by atoms with Gasteiger partial charge in [0.1, 0.15) is 5.82 Å². The summed E-state index contributed by atoms with van der Waals surface area (Å²) in [5, 5.41) is 11.1. The van der Waals surface area contributed by atoms with Crippen LogP contribution in [0.4, 0.5) is 9.52 Å². The highest BCUT2D eigenvalue weighted by atomic mass is 32.1. The molecule has 6 nitrogen and oxygen atoms in total. The zero-order chi connectivity index (χ0) is 18.8. The lowest BCUT2D eigenvalue weighted by Gasteiger charge is -2.20. The molecule has 8 heteroatoms. The Morgan fingerprint density at radius 2 is 2.04 bits per heavy atom. The van der Waals surface area contributed by atoms with E-state index in [2.05, 4.69) is 20.7 Å². The third-order valence-corrected chi connectivity index (χ3v) is 5.75. The van der Waals surface area contributed by atoms with Crippen LogP contribution < -0.4 is 10.6 Å². The fourth-order valence-electron chi connectivity index (χ4n) is 3.23. The van der Waals surface area contributed by atoms with Crippen LogP contribution in [0.2, 0.25) is 0 Å². The first-order valence-electron chi connectivity index (χ1n) is 8.90. The summed E-state index contributed by atoms with van der Waals surface area (Å²) in [5.41, 5.74) is 1.80. The van der Waals surface area contributed by atoms with E-state index in [1.807, 2.05) is 13.1 Å². The van der Waals surface area contributed by atoms with Gasteiger partial charge in [-0.05, 0) is 69.1 Å². The maximum absolute atomic E-state index is 13.1. The Hall–Kier alpha value is -2.58. The lowest BCUT2D eigenvalue weighted by atomic mass is 9.97. The van der Waals surface area contributed by atoms with Gasteiger partial charge in [0, 0.05) is 16.8 Å². The van der Waals surface area contributed by atoms with Crippen molar-refractivity contribution < 1.29 is 9.18 Å². The average molecular weight is 385 g/mol. The van der Waals surface area contributed by atoms with Gasteiger partial charge in [0.15, 0.2) is 10.8 Å². The molecule has 0 radical (unpaired) electrons. The minimum Gasteiger partial charge on any atom is -0.317 e. The van der Waals surface area contributed by atoms with Gasteiger partial charge in [-0.1, -0.05) is 0 Å². The molecule has 1 aromatic carbocycles. The number of aromatic nitrogens is 3. The third kappa shape index (κ3) is 3.91. The molecule has 1 fully saturated rings. The van der Waals surface area contributed by atoms with E-state index in [0.29, 0.717) is 22.4 Å². The minimum absolute atomic E-state index is 0.301. The molecule has 27 heavy (non-hydrogen) atoms. The number of anilines is 1. The van der Waals surface area contributed by atoms with Gasteiger partial charge < -0.3 is 5.32 Å². The Morgan fingerprint density at radius 3 is 2.78 bits per heavy atom. The molecule has 0 spiro atoms. The molecule has 0 saturated carbocycles. The molecule has 2 N–H and O–H groups in total. The number of hydrogen-bond acceptors (Lipinski definition) is 5. The van der Waals surface area contributed by atoms with Gasteiger partial charge in [0.25, 0.3) is 5.91 Å². The fraction of sp³-hybridized carbons (Fsp3) is 0.316. The molecule has 1 saturated heterocycles. The average Bonchev–Trinajstić information content (AvgIpc) is 3.30. The van der Waals surface area contributed by atoms with Crippen molar-refractivity contribution in [3.63, 3.8) is 0 Å². The number of nitrogens with one attached hydrogen (secondary N) is 2. The van der Waals surface area contributed by atoms with Crippen molar-refractivity contribution in [1.82, 2.24) is 20.1 Å². The van der Waals surface area contributed by atoms with Gasteiger partial charge in [0.05, 0.1) is 5.69 Å². The smallest absolute Gasteiger partial charge is 0.277 e.